The summed E-state index contributed by atoms with van der Waals surface area (Å²) in [6.07, 6.45) is 2.93. The molecule has 0 radical (unpaired) electrons. The molecule has 4 heteroatoms. The van der Waals surface area contributed by atoms with Gasteiger partial charge < -0.3 is 10.0 Å². The molecule has 0 saturated carbocycles. The van der Waals surface area contributed by atoms with E-state index in [1.807, 2.05) is 22.4 Å². The lowest BCUT2D eigenvalue weighted by Gasteiger charge is -2.31. The van der Waals surface area contributed by atoms with E-state index < -0.39 is 0 Å². The minimum absolute atomic E-state index is 0.164. The number of rotatable bonds is 3. The molecule has 1 amide bonds. The zero-order chi connectivity index (χ0) is 11.4. The van der Waals surface area contributed by atoms with Gasteiger partial charge in [-0.15, -0.1) is 11.3 Å². The minimum Gasteiger partial charge on any atom is -0.396 e. The third kappa shape index (κ3) is 2.62. The van der Waals surface area contributed by atoms with E-state index in [1.54, 1.807) is 0 Å². The molecule has 0 atom stereocenters. The SMILES string of the molecule is O=C(c1cccs1)N1CCC(CCO)CC1. The molecular weight excluding hydrogens is 222 g/mol. The fourth-order valence-electron chi connectivity index (χ4n) is 2.16. The standard InChI is InChI=1S/C12H17NO2S/c14-8-5-10-3-6-13(7-4-10)12(15)11-2-1-9-16-11/h1-2,9-10,14H,3-8H2. The van der Waals surface area contributed by atoms with Gasteiger partial charge in [0.1, 0.15) is 0 Å². The maximum atomic E-state index is 12.0. The van der Waals surface area contributed by atoms with E-state index in [9.17, 15) is 4.79 Å². The van der Waals surface area contributed by atoms with Crippen molar-refractivity contribution in [1.82, 2.24) is 4.90 Å². The molecular formula is C12H17NO2S. The summed E-state index contributed by atoms with van der Waals surface area (Å²) in [5, 5.41) is 10.8. The van der Waals surface area contributed by atoms with Crippen molar-refractivity contribution < 1.29 is 9.90 Å². The highest BCUT2D eigenvalue weighted by Crippen LogP contribution is 2.22. The summed E-state index contributed by atoms with van der Waals surface area (Å²) < 4.78 is 0. The van der Waals surface area contributed by atoms with Crippen molar-refractivity contribution in [3.63, 3.8) is 0 Å². The summed E-state index contributed by atoms with van der Waals surface area (Å²) in [6.45, 7) is 1.94. The molecule has 3 nitrogen and oxygen atoms in total. The Kier molecular flexibility index (Phi) is 3.96. The molecule has 1 aromatic heterocycles. The lowest BCUT2D eigenvalue weighted by atomic mass is 9.94. The van der Waals surface area contributed by atoms with Crippen LogP contribution in [0.1, 0.15) is 28.9 Å². The highest BCUT2D eigenvalue weighted by molar-refractivity contribution is 7.12. The smallest absolute Gasteiger partial charge is 0.263 e. The predicted molar refractivity (Wildman–Crippen MR) is 64.6 cm³/mol. The lowest BCUT2D eigenvalue weighted by Crippen LogP contribution is -2.38. The molecule has 2 rings (SSSR count). The van der Waals surface area contributed by atoms with Crippen molar-refractivity contribution in [1.29, 1.82) is 0 Å². The van der Waals surface area contributed by atoms with Crippen molar-refractivity contribution in [2.24, 2.45) is 5.92 Å². The van der Waals surface area contributed by atoms with Crippen molar-refractivity contribution in [2.75, 3.05) is 19.7 Å². The van der Waals surface area contributed by atoms with Gasteiger partial charge in [-0.2, -0.15) is 0 Å². The molecule has 16 heavy (non-hydrogen) atoms. The largest absolute Gasteiger partial charge is 0.396 e. The maximum absolute atomic E-state index is 12.0. The molecule has 0 bridgehead atoms. The molecule has 1 fully saturated rings. The Balaban J connectivity index is 1.87. The summed E-state index contributed by atoms with van der Waals surface area (Å²) in [6, 6.07) is 3.79. The van der Waals surface area contributed by atoms with Crippen molar-refractivity contribution in [3.05, 3.63) is 22.4 Å². The number of likely N-dealkylation sites (tertiary alicyclic amines) is 1. The first-order valence-corrected chi connectivity index (χ1v) is 6.63. The van der Waals surface area contributed by atoms with Crippen LogP contribution in [0.3, 0.4) is 0 Å². The number of carbonyl (C=O) groups is 1. The molecule has 1 saturated heterocycles. The molecule has 0 aliphatic carbocycles. The summed E-state index contributed by atoms with van der Waals surface area (Å²) in [7, 11) is 0. The van der Waals surface area contributed by atoms with Crippen LogP contribution in [0.4, 0.5) is 0 Å². The first-order chi connectivity index (χ1) is 7.81. The maximum Gasteiger partial charge on any atom is 0.263 e. The van der Waals surface area contributed by atoms with E-state index in [1.165, 1.54) is 11.3 Å². The van der Waals surface area contributed by atoms with Gasteiger partial charge >= 0.3 is 0 Å². The normalized spacial score (nSPS) is 17.7. The van der Waals surface area contributed by atoms with Gasteiger partial charge in [-0.3, -0.25) is 4.79 Å². The Hall–Kier alpha value is -0.870. The lowest BCUT2D eigenvalue weighted by molar-refractivity contribution is 0.0683. The predicted octanol–water partition coefficient (Wildman–Crippen LogP) is 1.98. The van der Waals surface area contributed by atoms with Gasteiger partial charge in [-0.1, -0.05) is 6.07 Å². The highest BCUT2D eigenvalue weighted by atomic mass is 32.1. The number of hydrogen-bond donors (Lipinski definition) is 1. The van der Waals surface area contributed by atoms with Crippen LogP contribution in [0.5, 0.6) is 0 Å². The van der Waals surface area contributed by atoms with Gasteiger partial charge in [-0.05, 0) is 36.6 Å². The Morgan fingerprint density at radius 1 is 1.50 bits per heavy atom. The first kappa shape index (κ1) is 11.6. The molecule has 1 aliphatic rings. The van der Waals surface area contributed by atoms with E-state index in [4.69, 9.17) is 5.11 Å². The van der Waals surface area contributed by atoms with Gasteiger partial charge in [0.2, 0.25) is 0 Å². The highest BCUT2D eigenvalue weighted by Gasteiger charge is 2.23. The Labute approximate surface area is 99.7 Å². The van der Waals surface area contributed by atoms with Gasteiger partial charge in [0.05, 0.1) is 4.88 Å². The second kappa shape index (κ2) is 5.46. The van der Waals surface area contributed by atoms with Gasteiger partial charge in [-0.25, -0.2) is 0 Å². The topological polar surface area (TPSA) is 40.5 Å². The van der Waals surface area contributed by atoms with Gasteiger partial charge in [0.25, 0.3) is 5.91 Å². The molecule has 88 valence electrons. The van der Waals surface area contributed by atoms with Crippen molar-refractivity contribution >= 4 is 17.2 Å². The van der Waals surface area contributed by atoms with Crippen molar-refractivity contribution in [2.45, 2.75) is 19.3 Å². The van der Waals surface area contributed by atoms with Gasteiger partial charge in [0, 0.05) is 19.7 Å². The number of carbonyl (C=O) groups excluding carboxylic acids is 1. The summed E-state index contributed by atoms with van der Waals surface area (Å²) in [5.41, 5.74) is 0. The second-order valence-corrected chi connectivity index (χ2v) is 5.17. The van der Waals surface area contributed by atoms with Crippen LogP contribution in [0.2, 0.25) is 0 Å². The number of amides is 1. The van der Waals surface area contributed by atoms with Crippen LogP contribution >= 0.6 is 11.3 Å². The fraction of sp³-hybridized carbons (Fsp3) is 0.583. The van der Waals surface area contributed by atoms with Crippen LogP contribution in [-0.4, -0.2) is 35.6 Å². The molecule has 0 spiro atoms. The third-order valence-corrected chi connectivity index (χ3v) is 4.03. The summed E-state index contributed by atoms with van der Waals surface area (Å²) >= 11 is 1.50. The van der Waals surface area contributed by atoms with Crippen LogP contribution in [0.25, 0.3) is 0 Å². The van der Waals surface area contributed by atoms with Gasteiger partial charge in [0.15, 0.2) is 0 Å². The van der Waals surface area contributed by atoms with Crippen LogP contribution in [0, 0.1) is 5.92 Å². The average Bonchev–Trinajstić information content (AvgIpc) is 2.83. The Morgan fingerprint density at radius 3 is 2.81 bits per heavy atom. The van der Waals surface area contributed by atoms with E-state index in [0.717, 1.165) is 37.2 Å². The zero-order valence-electron chi connectivity index (χ0n) is 9.26. The van der Waals surface area contributed by atoms with Crippen molar-refractivity contribution in [3.8, 4) is 0 Å². The number of thiophene rings is 1. The number of piperidine rings is 1. The third-order valence-electron chi connectivity index (χ3n) is 3.17. The Morgan fingerprint density at radius 2 is 2.25 bits per heavy atom. The number of hydrogen-bond acceptors (Lipinski definition) is 3. The summed E-state index contributed by atoms with van der Waals surface area (Å²) in [5.74, 6) is 0.759. The molecule has 1 aliphatic heterocycles. The van der Waals surface area contributed by atoms with Crippen LogP contribution in [-0.2, 0) is 0 Å². The number of nitrogens with zero attached hydrogens (tertiary/aromatic N) is 1. The monoisotopic (exact) mass is 239 g/mol. The van der Waals surface area contributed by atoms with Crippen LogP contribution in [0.15, 0.2) is 17.5 Å². The molecule has 1 N–H and O–H groups in total. The minimum atomic E-state index is 0.164. The molecule has 0 aromatic carbocycles. The van der Waals surface area contributed by atoms with E-state index in [-0.39, 0.29) is 12.5 Å². The van der Waals surface area contributed by atoms with E-state index in [2.05, 4.69) is 0 Å². The Bertz CT molecular complexity index is 329. The summed E-state index contributed by atoms with van der Waals surface area (Å²) in [4.78, 5) is 14.8. The number of aliphatic hydroxyl groups is 1. The quantitative estimate of drug-likeness (QED) is 0.876. The molecule has 1 aromatic rings. The first-order valence-electron chi connectivity index (χ1n) is 5.75. The van der Waals surface area contributed by atoms with E-state index in [0.29, 0.717) is 5.92 Å². The average molecular weight is 239 g/mol. The second-order valence-electron chi connectivity index (χ2n) is 4.23. The number of aliphatic hydroxyl groups excluding tert-OH is 1. The van der Waals surface area contributed by atoms with E-state index >= 15 is 0 Å². The molecule has 0 unspecified atom stereocenters. The molecule has 2 heterocycles. The zero-order valence-corrected chi connectivity index (χ0v) is 10.1. The van der Waals surface area contributed by atoms with Crippen LogP contribution < -0.4 is 0 Å². The fourth-order valence-corrected chi connectivity index (χ4v) is 2.85.